The van der Waals surface area contributed by atoms with Gasteiger partial charge in [0.1, 0.15) is 11.9 Å². The SMILES string of the molecule is CCOc1ccccc1C(=O)NC1CCC(Oc2ncc(Cl)cn2)CC1. The van der Waals surface area contributed by atoms with Gasteiger partial charge in [0.05, 0.1) is 29.6 Å². The van der Waals surface area contributed by atoms with Crippen molar-refractivity contribution in [3.05, 3.63) is 47.2 Å². The smallest absolute Gasteiger partial charge is 0.316 e. The van der Waals surface area contributed by atoms with Gasteiger partial charge in [0, 0.05) is 6.04 Å². The van der Waals surface area contributed by atoms with E-state index in [0.29, 0.717) is 29.0 Å². The number of carbonyl (C=O) groups is 1. The van der Waals surface area contributed by atoms with Gasteiger partial charge in [-0.25, -0.2) is 9.97 Å². The van der Waals surface area contributed by atoms with Crippen LogP contribution in [0.15, 0.2) is 36.7 Å². The molecule has 1 amide bonds. The topological polar surface area (TPSA) is 73.3 Å². The third kappa shape index (κ3) is 4.85. The molecule has 1 heterocycles. The first-order valence-corrected chi connectivity index (χ1v) is 9.20. The molecule has 138 valence electrons. The summed E-state index contributed by atoms with van der Waals surface area (Å²) in [5.41, 5.74) is 0.572. The summed E-state index contributed by atoms with van der Waals surface area (Å²) in [5, 5.41) is 3.59. The van der Waals surface area contributed by atoms with Gasteiger partial charge in [0.2, 0.25) is 0 Å². The molecule has 0 saturated heterocycles. The lowest BCUT2D eigenvalue weighted by Crippen LogP contribution is -2.39. The van der Waals surface area contributed by atoms with Gasteiger partial charge in [-0.3, -0.25) is 4.79 Å². The van der Waals surface area contributed by atoms with Gasteiger partial charge in [0.25, 0.3) is 5.91 Å². The lowest BCUT2D eigenvalue weighted by molar-refractivity contribution is 0.0881. The van der Waals surface area contributed by atoms with Crippen LogP contribution in [-0.2, 0) is 0 Å². The Morgan fingerprint density at radius 3 is 2.58 bits per heavy atom. The van der Waals surface area contributed by atoms with Crippen LogP contribution in [0.4, 0.5) is 0 Å². The van der Waals surface area contributed by atoms with E-state index in [-0.39, 0.29) is 18.1 Å². The molecule has 1 N–H and O–H groups in total. The minimum Gasteiger partial charge on any atom is -0.493 e. The first-order valence-electron chi connectivity index (χ1n) is 8.82. The van der Waals surface area contributed by atoms with Crippen molar-refractivity contribution in [3.8, 4) is 11.8 Å². The quantitative estimate of drug-likeness (QED) is 0.834. The molecule has 1 fully saturated rings. The fourth-order valence-electron chi connectivity index (χ4n) is 3.03. The summed E-state index contributed by atoms with van der Waals surface area (Å²) in [6.45, 7) is 2.43. The molecule has 0 spiro atoms. The zero-order valence-electron chi connectivity index (χ0n) is 14.7. The zero-order chi connectivity index (χ0) is 18.4. The highest BCUT2D eigenvalue weighted by molar-refractivity contribution is 6.30. The number of aromatic nitrogens is 2. The van der Waals surface area contributed by atoms with Crippen LogP contribution >= 0.6 is 11.6 Å². The van der Waals surface area contributed by atoms with E-state index in [1.54, 1.807) is 6.07 Å². The van der Waals surface area contributed by atoms with E-state index in [2.05, 4.69) is 15.3 Å². The Morgan fingerprint density at radius 2 is 1.88 bits per heavy atom. The largest absolute Gasteiger partial charge is 0.493 e. The lowest BCUT2D eigenvalue weighted by atomic mass is 9.92. The summed E-state index contributed by atoms with van der Waals surface area (Å²) < 4.78 is 11.3. The molecule has 3 rings (SSSR count). The van der Waals surface area contributed by atoms with Gasteiger partial charge < -0.3 is 14.8 Å². The molecular formula is C19H22ClN3O3. The predicted octanol–water partition coefficient (Wildman–Crippen LogP) is 3.65. The van der Waals surface area contributed by atoms with Crippen molar-refractivity contribution in [1.82, 2.24) is 15.3 Å². The maximum Gasteiger partial charge on any atom is 0.316 e. The van der Waals surface area contributed by atoms with Crippen molar-refractivity contribution in [2.24, 2.45) is 0 Å². The maximum absolute atomic E-state index is 12.6. The first kappa shape index (κ1) is 18.5. The summed E-state index contributed by atoms with van der Waals surface area (Å²) in [6, 6.07) is 7.77. The van der Waals surface area contributed by atoms with Crippen LogP contribution in [0, 0.1) is 0 Å². The van der Waals surface area contributed by atoms with Gasteiger partial charge in [-0.05, 0) is 44.7 Å². The normalized spacial score (nSPS) is 19.6. The van der Waals surface area contributed by atoms with E-state index < -0.39 is 0 Å². The Balaban J connectivity index is 1.51. The molecule has 1 aliphatic rings. The van der Waals surface area contributed by atoms with Crippen molar-refractivity contribution < 1.29 is 14.3 Å². The van der Waals surface area contributed by atoms with Crippen LogP contribution in [0.1, 0.15) is 43.0 Å². The molecule has 0 bridgehead atoms. The number of para-hydroxylation sites is 1. The number of hydrogen-bond donors (Lipinski definition) is 1. The predicted molar refractivity (Wildman–Crippen MR) is 98.8 cm³/mol. The highest BCUT2D eigenvalue weighted by Gasteiger charge is 2.25. The minimum absolute atomic E-state index is 0.0556. The summed E-state index contributed by atoms with van der Waals surface area (Å²) in [4.78, 5) is 20.7. The minimum atomic E-state index is -0.0977. The molecule has 26 heavy (non-hydrogen) atoms. The number of carbonyl (C=O) groups excluding carboxylic acids is 1. The molecule has 0 aliphatic heterocycles. The summed E-state index contributed by atoms with van der Waals surface area (Å²) >= 11 is 5.77. The third-order valence-electron chi connectivity index (χ3n) is 4.31. The Morgan fingerprint density at radius 1 is 1.19 bits per heavy atom. The van der Waals surface area contributed by atoms with Crippen molar-refractivity contribution in [2.75, 3.05) is 6.61 Å². The van der Waals surface area contributed by atoms with Crippen LogP contribution in [0.25, 0.3) is 0 Å². The average molecular weight is 376 g/mol. The fourth-order valence-corrected chi connectivity index (χ4v) is 3.13. The number of rotatable bonds is 6. The third-order valence-corrected chi connectivity index (χ3v) is 4.50. The summed E-state index contributed by atoms with van der Waals surface area (Å²) in [6.07, 6.45) is 6.47. The van der Waals surface area contributed by atoms with Gasteiger partial charge in [-0.15, -0.1) is 0 Å². The fraction of sp³-hybridized carbons (Fsp3) is 0.421. The Bertz CT molecular complexity index is 731. The molecule has 1 saturated carbocycles. The standard InChI is InChI=1S/C19H22ClN3O3/c1-2-25-17-6-4-3-5-16(17)18(24)23-14-7-9-15(10-8-14)26-19-21-11-13(20)12-22-19/h3-6,11-12,14-15H,2,7-10H2,1H3,(H,23,24). The van der Waals surface area contributed by atoms with E-state index in [0.717, 1.165) is 25.7 Å². The Kier molecular flexibility index (Phi) is 6.28. The number of nitrogens with one attached hydrogen (secondary N) is 1. The van der Waals surface area contributed by atoms with Crippen molar-refractivity contribution in [2.45, 2.75) is 44.8 Å². The molecule has 6 nitrogen and oxygen atoms in total. The van der Waals surface area contributed by atoms with Crippen LogP contribution in [0.5, 0.6) is 11.8 Å². The molecular weight excluding hydrogens is 354 g/mol. The second kappa shape index (κ2) is 8.85. The van der Waals surface area contributed by atoms with E-state index in [1.165, 1.54) is 12.4 Å². The van der Waals surface area contributed by atoms with Crippen molar-refractivity contribution in [1.29, 1.82) is 0 Å². The molecule has 7 heteroatoms. The van der Waals surface area contributed by atoms with Crippen LogP contribution in [0.2, 0.25) is 5.02 Å². The highest BCUT2D eigenvalue weighted by atomic mass is 35.5. The number of benzene rings is 1. The molecule has 0 atom stereocenters. The van der Waals surface area contributed by atoms with E-state index in [9.17, 15) is 4.79 Å². The number of nitrogens with zero attached hydrogens (tertiary/aromatic N) is 2. The van der Waals surface area contributed by atoms with Crippen LogP contribution in [-0.4, -0.2) is 34.6 Å². The number of halogens is 1. The monoisotopic (exact) mass is 375 g/mol. The molecule has 0 unspecified atom stereocenters. The number of amides is 1. The average Bonchev–Trinajstić information content (AvgIpc) is 2.66. The molecule has 1 aromatic carbocycles. The Labute approximate surface area is 157 Å². The zero-order valence-corrected chi connectivity index (χ0v) is 15.4. The highest BCUT2D eigenvalue weighted by Crippen LogP contribution is 2.24. The lowest BCUT2D eigenvalue weighted by Gasteiger charge is -2.29. The number of hydrogen-bond acceptors (Lipinski definition) is 5. The van der Waals surface area contributed by atoms with E-state index in [4.69, 9.17) is 21.1 Å². The molecule has 2 aromatic rings. The van der Waals surface area contributed by atoms with Gasteiger partial charge in [-0.2, -0.15) is 0 Å². The van der Waals surface area contributed by atoms with Gasteiger partial charge in [-0.1, -0.05) is 23.7 Å². The molecule has 1 aromatic heterocycles. The van der Waals surface area contributed by atoms with Crippen LogP contribution < -0.4 is 14.8 Å². The second-order valence-corrected chi connectivity index (χ2v) is 6.61. The van der Waals surface area contributed by atoms with Crippen molar-refractivity contribution in [3.63, 3.8) is 0 Å². The first-order chi connectivity index (χ1) is 12.7. The van der Waals surface area contributed by atoms with E-state index in [1.807, 2.05) is 25.1 Å². The van der Waals surface area contributed by atoms with Gasteiger partial charge in [0.15, 0.2) is 0 Å². The van der Waals surface area contributed by atoms with Gasteiger partial charge >= 0.3 is 6.01 Å². The second-order valence-electron chi connectivity index (χ2n) is 6.18. The van der Waals surface area contributed by atoms with Crippen LogP contribution in [0.3, 0.4) is 0 Å². The summed E-state index contributed by atoms with van der Waals surface area (Å²) in [7, 11) is 0. The summed E-state index contributed by atoms with van der Waals surface area (Å²) in [5.74, 6) is 0.517. The van der Waals surface area contributed by atoms with Crippen molar-refractivity contribution >= 4 is 17.5 Å². The Hall–Kier alpha value is -2.34. The van der Waals surface area contributed by atoms with E-state index >= 15 is 0 Å². The molecule has 0 radical (unpaired) electrons. The maximum atomic E-state index is 12.6. The molecule has 1 aliphatic carbocycles. The number of ether oxygens (including phenoxy) is 2.